The third kappa shape index (κ3) is 3.71. The minimum absolute atomic E-state index is 0.239. The van der Waals surface area contributed by atoms with Crippen molar-refractivity contribution in [1.82, 2.24) is 25.2 Å². The van der Waals surface area contributed by atoms with Crippen molar-refractivity contribution in [3.05, 3.63) is 53.8 Å². The van der Waals surface area contributed by atoms with Crippen molar-refractivity contribution >= 4 is 11.6 Å². The van der Waals surface area contributed by atoms with E-state index >= 15 is 0 Å². The molecule has 3 aromatic heterocycles. The lowest BCUT2D eigenvalue weighted by Gasteiger charge is -2.21. The van der Waals surface area contributed by atoms with Gasteiger partial charge in [0, 0.05) is 24.9 Å². The summed E-state index contributed by atoms with van der Waals surface area (Å²) in [6.07, 6.45) is 6.94. The largest absolute Gasteiger partial charge is 0.361 e. The van der Waals surface area contributed by atoms with E-state index in [1.54, 1.807) is 6.07 Å². The Balaban J connectivity index is 1.34. The second-order valence-electron chi connectivity index (χ2n) is 6.46. The SMILES string of the molecule is O=C(NCc1cn2ccccc2n1)c1cc(CC2CCNCC2)on1. The predicted molar refractivity (Wildman–Crippen MR) is 92.2 cm³/mol. The Labute approximate surface area is 145 Å². The second-order valence-corrected chi connectivity index (χ2v) is 6.46. The topological polar surface area (TPSA) is 84.5 Å². The van der Waals surface area contributed by atoms with Crippen molar-refractivity contribution in [2.24, 2.45) is 5.92 Å². The maximum absolute atomic E-state index is 12.3. The van der Waals surface area contributed by atoms with Crippen LogP contribution in [0.3, 0.4) is 0 Å². The molecule has 4 rings (SSSR count). The summed E-state index contributed by atoms with van der Waals surface area (Å²) in [5.41, 5.74) is 1.99. The zero-order valence-corrected chi connectivity index (χ0v) is 13.9. The van der Waals surface area contributed by atoms with E-state index in [-0.39, 0.29) is 5.91 Å². The lowest BCUT2D eigenvalue weighted by molar-refractivity contribution is 0.0941. The van der Waals surface area contributed by atoms with Crippen molar-refractivity contribution in [3.63, 3.8) is 0 Å². The molecule has 0 unspecified atom stereocenters. The molecule has 0 aliphatic carbocycles. The first-order valence-corrected chi connectivity index (χ1v) is 8.65. The molecule has 1 saturated heterocycles. The fourth-order valence-corrected chi connectivity index (χ4v) is 3.22. The van der Waals surface area contributed by atoms with Crippen molar-refractivity contribution in [2.45, 2.75) is 25.8 Å². The highest BCUT2D eigenvalue weighted by Crippen LogP contribution is 2.18. The number of nitrogens with zero attached hydrogens (tertiary/aromatic N) is 3. The number of pyridine rings is 1. The van der Waals surface area contributed by atoms with Crippen LogP contribution >= 0.6 is 0 Å². The van der Waals surface area contributed by atoms with E-state index in [0.29, 0.717) is 18.2 Å². The third-order valence-corrected chi connectivity index (χ3v) is 4.58. The normalized spacial score (nSPS) is 15.5. The highest BCUT2D eigenvalue weighted by atomic mass is 16.5. The zero-order valence-electron chi connectivity index (χ0n) is 13.9. The molecule has 0 spiro atoms. The van der Waals surface area contributed by atoms with Crippen molar-refractivity contribution in [2.75, 3.05) is 13.1 Å². The molecule has 1 aliphatic rings. The molecule has 0 aromatic carbocycles. The Hall–Kier alpha value is -2.67. The number of aromatic nitrogens is 3. The van der Waals surface area contributed by atoms with Crippen LogP contribution in [0.2, 0.25) is 0 Å². The summed E-state index contributed by atoms with van der Waals surface area (Å²) in [4.78, 5) is 16.7. The summed E-state index contributed by atoms with van der Waals surface area (Å²) in [5, 5.41) is 10.1. The number of hydrogen-bond acceptors (Lipinski definition) is 5. The van der Waals surface area contributed by atoms with Crippen LogP contribution < -0.4 is 10.6 Å². The smallest absolute Gasteiger partial charge is 0.273 e. The number of nitrogens with one attached hydrogen (secondary N) is 2. The summed E-state index contributed by atoms with van der Waals surface area (Å²) in [7, 11) is 0. The van der Waals surface area contributed by atoms with Gasteiger partial charge in [-0.25, -0.2) is 4.98 Å². The van der Waals surface area contributed by atoms with E-state index in [2.05, 4.69) is 20.8 Å². The van der Waals surface area contributed by atoms with Crippen LogP contribution in [-0.4, -0.2) is 33.5 Å². The van der Waals surface area contributed by atoms with Crippen LogP contribution in [0.1, 0.15) is 34.8 Å². The Morgan fingerprint density at radius 1 is 1.36 bits per heavy atom. The molecule has 7 heteroatoms. The van der Waals surface area contributed by atoms with Crippen LogP contribution in [0, 0.1) is 5.92 Å². The average molecular weight is 339 g/mol. The molecule has 3 aromatic rings. The molecule has 7 nitrogen and oxygen atoms in total. The Kier molecular flexibility index (Phi) is 4.47. The number of carbonyl (C=O) groups excluding carboxylic acids is 1. The van der Waals surface area contributed by atoms with Crippen LogP contribution in [0.5, 0.6) is 0 Å². The van der Waals surface area contributed by atoms with E-state index in [1.165, 1.54) is 0 Å². The predicted octanol–water partition coefficient (Wildman–Crippen LogP) is 1.79. The van der Waals surface area contributed by atoms with Gasteiger partial charge in [-0.15, -0.1) is 0 Å². The average Bonchev–Trinajstić information content (AvgIpc) is 3.27. The molecular weight excluding hydrogens is 318 g/mol. The van der Waals surface area contributed by atoms with Gasteiger partial charge in [0.15, 0.2) is 5.69 Å². The van der Waals surface area contributed by atoms with Gasteiger partial charge in [-0.05, 0) is 44.0 Å². The first kappa shape index (κ1) is 15.8. The van der Waals surface area contributed by atoms with E-state index in [9.17, 15) is 4.79 Å². The molecule has 25 heavy (non-hydrogen) atoms. The quantitative estimate of drug-likeness (QED) is 0.740. The maximum atomic E-state index is 12.3. The second kappa shape index (κ2) is 7.06. The number of amides is 1. The third-order valence-electron chi connectivity index (χ3n) is 4.58. The lowest BCUT2D eigenvalue weighted by Crippen LogP contribution is -2.28. The Bertz CT molecular complexity index is 830. The number of piperidine rings is 1. The van der Waals surface area contributed by atoms with Gasteiger partial charge in [0.2, 0.25) is 0 Å². The summed E-state index contributed by atoms with van der Waals surface area (Å²) < 4.78 is 7.26. The molecule has 0 bridgehead atoms. The van der Waals surface area contributed by atoms with Gasteiger partial charge in [0.1, 0.15) is 11.4 Å². The Morgan fingerprint density at radius 2 is 2.24 bits per heavy atom. The number of imidazole rings is 1. The summed E-state index contributed by atoms with van der Waals surface area (Å²) >= 11 is 0. The van der Waals surface area contributed by atoms with E-state index in [4.69, 9.17) is 4.52 Å². The van der Waals surface area contributed by atoms with Gasteiger partial charge in [-0.1, -0.05) is 11.2 Å². The first-order chi connectivity index (χ1) is 12.3. The highest BCUT2D eigenvalue weighted by molar-refractivity contribution is 5.92. The zero-order chi connectivity index (χ0) is 17.1. The minimum atomic E-state index is -0.239. The fourth-order valence-electron chi connectivity index (χ4n) is 3.22. The molecule has 0 radical (unpaired) electrons. The number of fused-ring (bicyclic) bond motifs is 1. The highest BCUT2D eigenvalue weighted by Gasteiger charge is 2.18. The molecule has 1 fully saturated rings. The van der Waals surface area contributed by atoms with Gasteiger partial charge in [0.05, 0.1) is 12.2 Å². The van der Waals surface area contributed by atoms with Crippen LogP contribution in [-0.2, 0) is 13.0 Å². The number of carbonyl (C=O) groups is 1. The summed E-state index contributed by atoms with van der Waals surface area (Å²) in [5.74, 6) is 1.14. The number of rotatable bonds is 5. The first-order valence-electron chi connectivity index (χ1n) is 8.65. The van der Waals surface area contributed by atoms with Crippen molar-refractivity contribution < 1.29 is 9.32 Å². The van der Waals surface area contributed by atoms with Gasteiger partial charge in [0.25, 0.3) is 5.91 Å². The minimum Gasteiger partial charge on any atom is -0.361 e. The van der Waals surface area contributed by atoms with Gasteiger partial charge in [-0.2, -0.15) is 0 Å². The molecule has 0 atom stereocenters. The van der Waals surface area contributed by atoms with Crippen LogP contribution in [0.4, 0.5) is 0 Å². The number of hydrogen-bond donors (Lipinski definition) is 2. The van der Waals surface area contributed by atoms with Crippen molar-refractivity contribution in [3.8, 4) is 0 Å². The Morgan fingerprint density at radius 3 is 3.08 bits per heavy atom. The van der Waals surface area contributed by atoms with Gasteiger partial charge in [-0.3, -0.25) is 4.79 Å². The monoisotopic (exact) mass is 339 g/mol. The maximum Gasteiger partial charge on any atom is 0.273 e. The molecule has 4 heterocycles. The van der Waals surface area contributed by atoms with Crippen molar-refractivity contribution in [1.29, 1.82) is 0 Å². The van der Waals surface area contributed by atoms with Gasteiger partial charge >= 0.3 is 0 Å². The molecule has 1 aliphatic heterocycles. The van der Waals surface area contributed by atoms with Crippen LogP contribution in [0.15, 0.2) is 41.2 Å². The van der Waals surface area contributed by atoms with Gasteiger partial charge < -0.3 is 19.6 Å². The summed E-state index contributed by atoms with van der Waals surface area (Å²) in [6.45, 7) is 2.45. The molecule has 0 saturated carbocycles. The molecule has 1 amide bonds. The van der Waals surface area contributed by atoms with E-state index in [1.807, 2.05) is 35.0 Å². The lowest BCUT2D eigenvalue weighted by atomic mass is 9.93. The molecule has 130 valence electrons. The molecule has 2 N–H and O–H groups in total. The van der Waals surface area contributed by atoms with Crippen LogP contribution in [0.25, 0.3) is 5.65 Å². The molecular formula is C18H21N5O2. The van der Waals surface area contributed by atoms with E-state index in [0.717, 1.165) is 49.5 Å². The summed E-state index contributed by atoms with van der Waals surface area (Å²) in [6, 6.07) is 7.55. The standard InChI is InChI=1S/C18H21N5O2/c24-18(20-11-14-12-23-8-2-1-3-17(23)21-14)16-10-15(25-22-16)9-13-4-6-19-7-5-13/h1-3,8,10,12-13,19H,4-7,9,11H2,(H,20,24). The van der Waals surface area contributed by atoms with E-state index < -0.39 is 0 Å². The fraction of sp³-hybridized carbons (Fsp3) is 0.389.